The molecule has 2 N–H and O–H groups in total. The van der Waals surface area contributed by atoms with E-state index in [1.54, 1.807) is 6.07 Å². The standard InChI is InChI=1S/C13H13F3N2/c14-13(15,16)9-5-8(2-3-10(9)17)18-11-4-1-7-6-12(7,11)18/h2-3,5,7,11H,1,4,6,17H2. The number of hydrogen-bond acceptors (Lipinski definition) is 2. The van der Waals surface area contributed by atoms with Crippen LogP contribution in [0.4, 0.5) is 24.5 Å². The first-order chi connectivity index (χ1) is 8.44. The lowest BCUT2D eigenvalue weighted by Crippen LogP contribution is -2.11. The maximum atomic E-state index is 12.8. The van der Waals surface area contributed by atoms with Gasteiger partial charge in [-0.15, -0.1) is 0 Å². The number of piperidine rings is 1. The molecule has 2 aliphatic carbocycles. The Labute approximate surface area is 103 Å². The number of halogens is 3. The van der Waals surface area contributed by atoms with Crippen molar-refractivity contribution in [2.45, 2.75) is 37.0 Å². The molecular formula is C13H13F3N2. The van der Waals surface area contributed by atoms with Gasteiger partial charge in [-0.25, -0.2) is 0 Å². The normalized spacial score (nSPS) is 36.3. The van der Waals surface area contributed by atoms with E-state index < -0.39 is 11.7 Å². The molecule has 4 rings (SSSR count). The predicted molar refractivity (Wildman–Crippen MR) is 62.2 cm³/mol. The Morgan fingerprint density at radius 3 is 2.61 bits per heavy atom. The predicted octanol–water partition coefficient (Wildman–Crippen LogP) is 3.03. The third kappa shape index (κ3) is 1.10. The number of rotatable bonds is 1. The second-order valence-corrected chi connectivity index (χ2v) is 5.62. The van der Waals surface area contributed by atoms with Gasteiger partial charge in [-0.2, -0.15) is 13.2 Å². The van der Waals surface area contributed by atoms with Crippen LogP contribution in [0.5, 0.6) is 0 Å². The maximum Gasteiger partial charge on any atom is 0.418 e. The van der Waals surface area contributed by atoms with E-state index in [0.717, 1.165) is 18.8 Å². The van der Waals surface area contributed by atoms with Crippen molar-refractivity contribution in [2.75, 3.05) is 10.6 Å². The summed E-state index contributed by atoms with van der Waals surface area (Å²) in [6, 6.07) is 4.78. The fraction of sp³-hybridized carbons (Fsp3) is 0.538. The number of alkyl halides is 3. The van der Waals surface area contributed by atoms with Crippen molar-refractivity contribution >= 4 is 11.4 Å². The van der Waals surface area contributed by atoms with Crippen molar-refractivity contribution < 1.29 is 13.2 Å². The third-order valence-corrected chi connectivity index (χ3v) is 4.80. The molecule has 5 heteroatoms. The average Bonchev–Trinajstić information content (AvgIpc) is 3.13. The molecule has 3 atom stereocenters. The number of nitrogen functional groups attached to an aromatic ring is 1. The first-order valence-electron chi connectivity index (χ1n) is 6.20. The molecular weight excluding hydrogens is 241 g/mol. The molecule has 1 heterocycles. The van der Waals surface area contributed by atoms with Crippen molar-refractivity contribution in [1.82, 2.24) is 0 Å². The summed E-state index contributed by atoms with van der Waals surface area (Å²) in [5.74, 6) is 0.717. The molecule has 0 aromatic heterocycles. The highest BCUT2D eigenvalue weighted by Crippen LogP contribution is 2.73. The molecule has 2 nitrogen and oxygen atoms in total. The number of anilines is 2. The summed E-state index contributed by atoms with van der Waals surface area (Å²) in [5.41, 5.74) is 5.43. The van der Waals surface area contributed by atoms with Crippen LogP contribution in [0.25, 0.3) is 0 Å². The minimum atomic E-state index is -4.37. The molecule has 3 unspecified atom stereocenters. The van der Waals surface area contributed by atoms with Crippen molar-refractivity contribution in [1.29, 1.82) is 0 Å². The Morgan fingerprint density at radius 1 is 1.28 bits per heavy atom. The van der Waals surface area contributed by atoms with Gasteiger partial charge in [-0.3, -0.25) is 0 Å². The summed E-state index contributed by atoms with van der Waals surface area (Å²) in [7, 11) is 0. The van der Waals surface area contributed by atoms with Crippen LogP contribution in [-0.2, 0) is 6.18 Å². The van der Waals surface area contributed by atoms with Gasteiger partial charge in [0.05, 0.1) is 17.1 Å². The fourth-order valence-electron chi connectivity index (χ4n) is 3.90. The molecule has 3 aliphatic rings. The summed E-state index contributed by atoms with van der Waals surface area (Å²) in [5, 5.41) is 0. The zero-order valence-corrected chi connectivity index (χ0v) is 9.67. The molecule has 0 amide bonds. The van der Waals surface area contributed by atoms with Gasteiger partial charge in [0.25, 0.3) is 0 Å². The second-order valence-electron chi connectivity index (χ2n) is 5.62. The SMILES string of the molecule is Nc1ccc(N2C3CCC4CC432)cc1C(F)(F)F. The van der Waals surface area contributed by atoms with E-state index in [0.29, 0.717) is 11.7 Å². The van der Waals surface area contributed by atoms with Crippen molar-refractivity contribution in [3.8, 4) is 0 Å². The molecule has 1 spiro atoms. The Bertz CT molecular complexity index is 540. The highest BCUT2D eigenvalue weighted by atomic mass is 19.4. The monoisotopic (exact) mass is 254 g/mol. The van der Waals surface area contributed by atoms with Gasteiger partial charge in [0.1, 0.15) is 0 Å². The van der Waals surface area contributed by atoms with E-state index >= 15 is 0 Å². The van der Waals surface area contributed by atoms with E-state index in [4.69, 9.17) is 5.73 Å². The highest BCUT2D eigenvalue weighted by Gasteiger charge is 2.79. The molecule has 1 saturated heterocycles. The summed E-state index contributed by atoms with van der Waals surface area (Å²) < 4.78 is 38.4. The molecule has 0 radical (unpaired) electrons. The Kier molecular flexibility index (Phi) is 1.63. The van der Waals surface area contributed by atoms with Gasteiger partial charge in [0.2, 0.25) is 0 Å². The van der Waals surface area contributed by atoms with Crippen molar-refractivity contribution in [3.63, 3.8) is 0 Å². The number of benzene rings is 1. The molecule has 0 bridgehead atoms. The Morgan fingerprint density at radius 2 is 2.06 bits per heavy atom. The number of nitrogens with two attached hydrogens (primary N) is 1. The summed E-state index contributed by atoms with van der Waals surface area (Å²) in [6.07, 6.45) is -0.853. The molecule has 96 valence electrons. The first-order valence-corrected chi connectivity index (χ1v) is 6.20. The van der Waals surface area contributed by atoms with E-state index in [-0.39, 0.29) is 11.2 Å². The van der Waals surface area contributed by atoms with Crippen LogP contribution >= 0.6 is 0 Å². The van der Waals surface area contributed by atoms with Gasteiger partial charge in [0.15, 0.2) is 0 Å². The molecule has 3 fully saturated rings. The minimum Gasteiger partial charge on any atom is -0.398 e. The van der Waals surface area contributed by atoms with Crippen molar-refractivity contribution in [2.24, 2.45) is 5.92 Å². The smallest absolute Gasteiger partial charge is 0.398 e. The second kappa shape index (κ2) is 2.78. The zero-order valence-electron chi connectivity index (χ0n) is 9.67. The molecule has 1 aromatic carbocycles. The van der Waals surface area contributed by atoms with E-state index in [9.17, 15) is 13.2 Å². The summed E-state index contributed by atoms with van der Waals surface area (Å²) in [6.45, 7) is 0. The first kappa shape index (κ1) is 10.5. The quantitative estimate of drug-likeness (QED) is 0.616. The highest BCUT2D eigenvalue weighted by molar-refractivity contribution is 5.70. The molecule has 18 heavy (non-hydrogen) atoms. The maximum absolute atomic E-state index is 12.8. The van der Waals surface area contributed by atoms with Crippen LogP contribution in [-0.4, -0.2) is 11.6 Å². The largest absolute Gasteiger partial charge is 0.418 e. The van der Waals surface area contributed by atoms with Gasteiger partial charge in [0, 0.05) is 11.4 Å². The summed E-state index contributed by atoms with van der Waals surface area (Å²) in [4.78, 5) is 2.16. The van der Waals surface area contributed by atoms with Crippen LogP contribution < -0.4 is 10.6 Å². The molecule has 1 aromatic rings. The topological polar surface area (TPSA) is 29.0 Å². The average molecular weight is 254 g/mol. The molecule has 1 aliphatic heterocycles. The van der Waals surface area contributed by atoms with Gasteiger partial charge in [-0.05, 0) is 43.4 Å². The van der Waals surface area contributed by atoms with Gasteiger partial charge >= 0.3 is 6.18 Å². The Balaban J connectivity index is 1.72. The van der Waals surface area contributed by atoms with Crippen LogP contribution in [0.3, 0.4) is 0 Å². The molecule has 2 saturated carbocycles. The van der Waals surface area contributed by atoms with Crippen LogP contribution in [0.2, 0.25) is 0 Å². The lowest BCUT2D eigenvalue weighted by atomic mass is 10.1. The van der Waals surface area contributed by atoms with Gasteiger partial charge < -0.3 is 10.6 Å². The lowest BCUT2D eigenvalue weighted by molar-refractivity contribution is -0.136. The van der Waals surface area contributed by atoms with E-state index in [2.05, 4.69) is 4.90 Å². The third-order valence-electron chi connectivity index (χ3n) is 4.80. The number of nitrogens with zero attached hydrogens (tertiary/aromatic N) is 1. The number of hydrogen-bond donors (Lipinski definition) is 1. The van der Waals surface area contributed by atoms with E-state index in [1.807, 2.05) is 0 Å². The summed E-state index contributed by atoms with van der Waals surface area (Å²) >= 11 is 0. The Hall–Kier alpha value is -1.39. The zero-order chi connectivity index (χ0) is 12.7. The van der Waals surface area contributed by atoms with Crippen molar-refractivity contribution in [3.05, 3.63) is 23.8 Å². The lowest BCUT2D eigenvalue weighted by Gasteiger charge is -2.14. The van der Waals surface area contributed by atoms with Crippen LogP contribution in [0.15, 0.2) is 18.2 Å². The minimum absolute atomic E-state index is 0.192. The van der Waals surface area contributed by atoms with E-state index in [1.165, 1.54) is 18.6 Å². The van der Waals surface area contributed by atoms with Crippen LogP contribution in [0.1, 0.15) is 24.8 Å². The van der Waals surface area contributed by atoms with Gasteiger partial charge in [-0.1, -0.05) is 0 Å². The van der Waals surface area contributed by atoms with Crippen LogP contribution in [0, 0.1) is 5.92 Å². The fourth-order valence-corrected chi connectivity index (χ4v) is 3.90.